The topological polar surface area (TPSA) is 94.5 Å². The van der Waals surface area contributed by atoms with E-state index in [4.69, 9.17) is 14.2 Å². The average molecular weight is 532 g/mol. The Kier molecular flexibility index (Phi) is 4.75. The van der Waals surface area contributed by atoms with Gasteiger partial charge in [-0.15, -0.1) is 0 Å². The SMILES string of the molecule is O=S(=O)(Oc1ccc2c3c1OC1C4(CCC5(O)[C@H](C2)N(CC2CCC2)CC[C@@]315)OCCO4)C(F)(F)F. The molecule has 1 N–H and O–H groups in total. The molecule has 2 saturated carbocycles. The maximum Gasteiger partial charge on any atom is 0.534 e. The Hall–Kier alpha value is -1.60. The van der Waals surface area contributed by atoms with E-state index < -0.39 is 44.3 Å². The normalized spacial score (nSPS) is 36.9. The Bertz CT molecular complexity index is 1210. The quantitative estimate of drug-likeness (QED) is 0.468. The number of alkyl halides is 3. The summed E-state index contributed by atoms with van der Waals surface area (Å²) in [5.41, 5.74) is -6.47. The van der Waals surface area contributed by atoms with Gasteiger partial charge in [-0.3, -0.25) is 4.90 Å². The first-order chi connectivity index (χ1) is 17.0. The van der Waals surface area contributed by atoms with Crippen LogP contribution in [-0.2, 0) is 31.4 Å². The molecule has 4 fully saturated rings. The molecule has 6 aliphatic rings. The van der Waals surface area contributed by atoms with E-state index in [1.807, 2.05) is 0 Å². The number of piperidine rings is 1. The van der Waals surface area contributed by atoms with Gasteiger partial charge in [-0.05, 0) is 56.2 Å². The second kappa shape index (κ2) is 7.28. The van der Waals surface area contributed by atoms with Crippen LogP contribution in [0.3, 0.4) is 0 Å². The Morgan fingerprint density at radius 2 is 1.89 bits per heavy atom. The molecule has 7 rings (SSSR count). The lowest BCUT2D eigenvalue weighted by molar-refractivity contribution is -0.297. The van der Waals surface area contributed by atoms with Crippen molar-refractivity contribution in [3.63, 3.8) is 0 Å². The van der Waals surface area contributed by atoms with Crippen molar-refractivity contribution >= 4 is 10.1 Å². The number of halogens is 3. The van der Waals surface area contributed by atoms with Gasteiger partial charge in [0.25, 0.3) is 0 Å². The van der Waals surface area contributed by atoms with Crippen LogP contribution in [0.4, 0.5) is 13.2 Å². The molecular formula is C24H28F3NO7S. The molecule has 1 aromatic rings. The second-order valence-electron chi connectivity index (χ2n) is 11.1. The predicted octanol–water partition coefficient (Wildman–Crippen LogP) is 2.61. The van der Waals surface area contributed by atoms with Gasteiger partial charge in [0.15, 0.2) is 17.6 Å². The van der Waals surface area contributed by atoms with Crippen LogP contribution < -0.4 is 8.92 Å². The molecular weight excluding hydrogens is 503 g/mol. The predicted molar refractivity (Wildman–Crippen MR) is 118 cm³/mol. The summed E-state index contributed by atoms with van der Waals surface area (Å²) in [6.45, 7) is 2.26. The zero-order valence-corrected chi connectivity index (χ0v) is 20.4. The summed E-state index contributed by atoms with van der Waals surface area (Å²) in [7, 11) is -5.91. The Labute approximate surface area is 206 Å². The number of aliphatic hydroxyl groups is 1. The monoisotopic (exact) mass is 531 g/mol. The van der Waals surface area contributed by atoms with E-state index in [0.717, 1.165) is 12.1 Å². The molecule has 2 spiro atoms. The molecule has 2 bridgehead atoms. The molecule has 4 atom stereocenters. The molecule has 8 nitrogen and oxygen atoms in total. The summed E-state index contributed by atoms with van der Waals surface area (Å²) in [6.07, 6.45) is 4.46. The minimum atomic E-state index is -5.91. The first-order valence-electron chi connectivity index (χ1n) is 12.6. The zero-order valence-electron chi connectivity index (χ0n) is 19.6. The van der Waals surface area contributed by atoms with Crippen LogP contribution in [0.5, 0.6) is 11.5 Å². The van der Waals surface area contributed by atoms with Crippen LogP contribution in [0.25, 0.3) is 0 Å². The number of fused-ring (bicyclic) bond motifs is 1. The molecule has 1 aromatic carbocycles. The molecule has 2 saturated heterocycles. The lowest BCUT2D eigenvalue weighted by Crippen LogP contribution is -2.79. The highest BCUT2D eigenvalue weighted by atomic mass is 32.2. The van der Waals surface area contributed by atoms with Crippen LogP contribution in [0.15, 0.2) is 12.1 Å². The molecule has 36 heavy (non-hydrogen) atoms. The number of likely N-dealkylation sites (tertiary alicyclic amines) is 1. The molecule has 0 aromatic heterocycles. The van der Waals surface area contributed by atoms with Crippen molar-refractivity contribution in [2.45, 2.75) is 79.4 Å². The third-order valence-corrected chi connectivity index (χ3v) is 10.5. The number of hydrogen-bond acceptors (Lipinski definition) is 8. The van der Waals surface area contributed by atoms with Crippen LogP contribution in [-0.4, -0.2) is 73.8 Å². The summed E-state index contributed by atoms with van der Waals surface area (Å²) < 4.78 is 86.4. The lowest BCUT2D eigenvalue weighted by atomic mass is 9.48. The first-order valence-corrected chi connectivity index (χ1v) is 14.0. The average Bonchev–Trinajstić information content (AvgIpc) is 3.38. The van der Waals surface area contributed by atoms with Crippen molar-refractivity contribution in [2.75, 3.05) is 26.3 Å². The maximum absolute atomic E-state index is 13.2. The van der Waals surface area contributed by atoms with Gasteiger partial charge in [0.05, 0.1) is 24.2 Å². The fourth-order valence-electron chi connectivity index (χ4n) is 7.80. The summed E-state index contributed by atoms with van der Waals surface area (Å²) in [5, 5.41) is 12.5. The van der Waals surface area contributed by atoms with Gasteiger partial charge in [0, 0.05) is 24.6 Å². The van der Waals surface area contributed by atoms with Crippen molar-refractivity contribution in [1.29, 1.82) is 0 Å². The highest BCUT2D eigenvalue weighted by Gasteiger charge is 2.77. The van der Waals surface area contributed by atoms with Crippen molar-refractivity contribution in [2.24, 2.45) is 5.92 Å². The third-order valence-electron chi connectivity index (χ3n) is 9.54. The molecule has 3 aliphatic heterocycles. The number of ether oxygens (including phenoxy) is 3. The van der Waals surface area contributed by atoms with Gasteiger partial charge >= 0.3 is 15.6 Å². The Balaban J connectivity index is 1.38. The first kappa shape index (κ1) is 23.5. The van der Waals surface area contributed by atoms with Crippen molar-refractivity contribution in [3.8, 4) is 11.5 Å². The van der Waals surface area contributed by atoms with Gasteiger partial charge in [0.2, 0.25) is 5.79 Å². The Morgan fingerprint density at radius 1 is 1.14 bits per heavy atom. The molecule has 3 aliphatic carbocycles. The van der Waals surface area contributed by atoms with Crippen molar-refractivity contribution in [3.05, 3.63) is 23.3 Å². The van der Waals surface area contributed by atoms with E-state index in [1.165, 1.54) is 25.3 Å². The Morgan fingerprint density at radius 3 is 2.56 bits per heavy atom. The van der Waals surface area contributed by atoms with E-state index in [9.17, 15) is 26.7 Å². The molecule has 0 radical (unpaired) electrons. The second-order valence-corrected chi connectivity index (χ2v) is 12.6. The molecule has 3 heterocycles. The van der Waals surface area contributed by atoms with Gasteiger partial charge < -0.3 is 23.5 Å². The van der Waals surface area contributed by atoms with E-state index in [1.54, 1.807) is 6.07 Å². The van der Waals surface area contributed by atoms with Crippen LogP contribution in [0.1, 0.15) is 49.7 Å². The van der Waals surface area contributed by atoms with Gasteiger partial charge in [0.1, 0.15) is 0 Å². The maximum atomic E-state index is 13.2. The zero-order chi connectivity index (χ0) is 25.1. The van der Waals surface area contributed by atoms with Gasteiger partial charge in [-0.2, -0.15) is 21.6 Å². The van der Waals surface area contributed by atoms with Crippen molar-refractivity contribution < 1.29 is 45.1 Å². The van der Waals surface area contributed by atoms with E-state index in [-0.39, 0.29) is 11.8 Å². The van der Waals surface area contributed by atoms with Crippen LogP contribution >= 0.6 is 0 Å². The number of rotatable bonds is 4. The molecule has 12 heteroatoms. The number of nitrogens with zero attached hydrogens (tertiary/aromatic N) is 1. The van der Waals surface area contributed by atoms with Crippen LogP contribution in [0, 0.1) is 5.92 Å². The van der Waals surface area contributed by atoms with E-state index >= 15 is 0 Å². The summed E-state index contributed by atoms with van der Waals surface area (Å²) in [4.78, 5) is 2.37. The fourth-order valence-corrected chi connectivity index (χ4v) is 8.26. The minimum Gasteiger partial charge on any atom is -0.479 e. The summed E-state index contributed by atoms with van der Waals surface area (Å²) in [5.74, 6) is -1.15. The standard InChI is InChI=1S/C24H28F3NO7S/c25-24(26,27)36(30,31)35-16-5-4-15-12-17-22(29)6-7-23(32-10-11-33-23)20-21(22,18(15)19(16)34-20)8-9-28(17)13-14-2-1-3-14/h4-5,14,17,20,29H,1-3,6-13H2/t17-,20?,21+,22?/m0/s1. The lowest BCUT2D eigenvalue weighted by Gasteiger charge is -2.65. The minimum absolute atomic E-state index is 0.0602. The largest absolute Gasteiger partial charge is 0.534 e. The highest BCUT2D eigenvalue weighted by Crippen LogP contribution is 2.68. The van der Waals surface area contributed by atoms with E-state index in [2.05, 4.69) is 9.08 Å². The fraction of sp³-hybridized carbons (Fsp3) is 0.750. The van der Waals surface area contributed by atoms with Gasteiger partial charge in [-0.25, -0.2) is 0 Å². The smallest absolute Gasteiger partial charge is 0.479 e. The highest BCUT2D eigenvalue weighted by molar-refractivity contribution is 7.88. The van der Waals surface area contributed by atoms with Crippen LogP contribution in [0.2, 0.25) is 0 Å². The van der Waals surface area contributed by atoms with Gasteiger partial charge in [-0.1, -0.05) is 12.5 Å². The summed E-state index contributed by atoms with van der Waals surface area (Å²) >= 11 is 0. The summed E-state index contributed by atoms with van der Waals surface area (Å²) in [6, 6.07) is 2.65. The molecule has 0 amide bonds. The van der Waals surface area contributed by atoms with Crippen molar-refractivity contribution in [1.82, 2.24) is 4.90 Å². The molecule has 2 unspecified atom stereocenters. The number of benzene rings is 1. The number of hydrogen-bond donors (Lipinski definition) is 1. The molecule has 198 valence electrons. The van der Waals surface area contributed by atoms with E-state index in [0.29, 0.717) is 56.9 Å². The third kappa shape index (κ3) is 2.82.